The number of rotatable bonds is 5. The van der Waals surface area contributed by atoms with Crippen LogP contribution in [0.5, 0.6) is 0 Å². The highest BCUT2D eigenvalue weighted by Crippen LogP contribution is 2.01. The second kappa shape index (κ2) is 4.94. The lowest BCUT2D eigenvalue weighted by Gasteiger charge is -2.25. The Morgan fingerprint density at radius 1 is 1.31 bits per heavy atom. The van der Waals surface area contributed by atoms with Gasteiger partial charge < -0.3 is 15.5 Å². The number of nitrogens with one attached hydrogen (secondary N) is 1. The molecule has 0 aliphatic rings. The summed E-state index contributed by atoms with van der Waals surface area (Å²) in [4.78, 5) is 21.6. The van der Waals surface area contributed by atoms with Crippen LogP contribution in [-0.4, -0.2) is 40.7 Å². The van der Waals surface area contributed by atoms with Gasteiger partial charge in [0.1, 0.15) is 5.78 Å². The van der Waals surface area contributed by atoms with Crippen molar-refractivity contribution in [3.63, 3.8) is 0 Å². The maximum Gasteiger partial charge on any atom is 0.228 e. The van der Waals surface area contributed by atoms with Crippen LogP contribution in [0, 0.1) is 0 Å². The van der Waals surface area contributed by atoms with E-state index < -0.39 is 11.4 Å². The van der Waals surface area contributed by atoms with Crippen molar-refractivity contribution in [2.75, 3.05) is 13.2 Å². The van der Waals surface area contributed by atoms with E-state index in [1.54, 1.807) is 0 Å². The van der Waals surface area contributed by atoms with E-state index in [1.165, 1.54) is 13.8 Å². The molecule has 0 radical (unpaired) electrons. The second-order valence-corrected chi connectivity index (χ2v) is 3.30. The molecule has 0 bridgehead atoms. The maximum absolute atomic E-state index is 11.0. The van der Waals surface area contributed by atoms with E-state index in [9.17, 15) is 9.59 Å². The molecule has 0 aromatic heterocycles. The van der Waals surface area contributed by atoms with Crippen LogP contribution in [0.15, 0.2) is 0 Å². The zero-order chi connectivity index (χ0) is 10.5. The molecular formula is C8H15NO4. The van der Waals surface area contributed by atoms with Crippen LogP contribution in [0.2, 0.25) is 0 Å². The normalized spacial score (nSPS) is 11.1. The van der Waals surface area contributed by atoms with Gasteiger partial charge in [-0.2, -0.15) is 0 Å². The first-order valence-corrected chi connectivity index (χ1v) is 3.95. The van der Waals surface area contributed by atoms with Crippen LogP contribution in [0.3, 0.4) is 0 Å². The predicted molar refractivity (Wildman–Crippen MR) is 46.0 cm³/mol. The van der Waals surface area contributed by atoms with Gasteiger partial charge in [0.15, 0.2) is 0 Å². The van der Waals surface area contributed by atoms with Gasteiger partial charge in [0.05, 0.1) is 25.2 Å². The summed E-state index contributed by atoms with van der Waals surface area (Å²) >= 11 is 0. The highest BCUT2D eigenvalue weighted by Gasteiger charge is 2.24. The number of aliphatic hydroxyl groups is 2. The van der Waals surface area contributed by atoms with Gasteiger partial charge in [-0.1, -0.05) is 0 Å². The lowest BCUT2D eigenvalue weighted by molar-refractivity contribution is -0.129. The van der Waals surface area contributed by atoms with E-state index in [4.69, 9.17) is 10.2 Å². The van der Waals surface area contributed by atoms with Crippen LogP contribution in [0.1, 0.15) is 20.3 Å². The minimum Gasteiger partial charge on any atom is -0.394 e. The molecule has 5 nitrogen and oxygen atoms in total. The van der Waals surface area contributed by atoms with Gasteiger partial charge in [-0.15, -0.1) is 0 Å². The van der Waals surface area contributed by atoms with Gasteiger partial charge in [0, 0.05) is 0 Å². The molecule has 0 saturated carbocycles. The third-order valence-corrected chi connectivity index (χ3v) is 1.55. The van der Waals surface area contributed by atoms with Crippen LogP contribution in [0.25, 0.3) is 0 Å². The molecule has 0 atom stereocenters. The molecular weight excluding hydrogens is 174 g/mol. The highest BCUT2D eigenvalue weighted by atomic mass is 16.3. The van der Waals surface area contributed by atoms with Gasteiger partial charge in [0.2, 0.25) is 5.91 Å². The smallest absolute Gasteiger partial charge is 0.228 e. The van der Waals surface area contributed by atoms with Gasteiger partial charge in [0.25, 0.3) is 0 Å². The van der Waals surface area contributed by atoms with Crippen LogP contribution < -0.4 is 5.32 Å². The molecule has 1 amide bonds. The fraction of sp³-hybridized carbons (Fsp3) is 0.750. The monoisotopic (exact) mass is 189 g/mol. The van der Waals surface area contributed by atoms with Crippen molar-refractivity contribution < 1.29 is 19.8 Å². The molecule has 3 N–H and O–H groups in total. The van der Waals surface area contributed by atoms with Crippen molar-refractivity contribution in [2.24, 2.45) is 0 Å². The molecule has 76 valence electrons. The van der Waals surface area contributed by atoms with E-state index in [2.05, 4.69) is 5.32 Å². The number of aliphatic hydroxyl groups excluding tert-OH is 2. The van der Waals surface area contributed by atoms with Crippen molar-refractivity contribution >= 4 is 11.7 Å². The van der Waals surface area contributed by atoms with Crippen molar-refractivity contribution in [2.45, 2.75) is 25.8 Å². The first-order chi connectivity index (χ1) is 5.93. The van der Waals surface area contributed by atoms with Crippen LogP contribution >= 0.6 is 0 Å². The Bertz CT molecular complexity index is 198. The zero-order valence-corrected chi connectivity index (χ0v) is 7.83. The predicted octanol–water partition coefficient (Wildman–Crippen LogP) is -1.17. The van der Waals surface area contributed by atoms with E-state index in [-0.39, 0.29) is 25.4 Å². The van der Waals surface area contributed by atoms with Crippen molar-refractivity contribution in [1.82, 2.24) is 5.32 Å². The average Bonchev–Trinajstić information content (AvgIpc) is 2.02. The first-order valence-electron chi connectivity index (χ1n) is 3.95. The summed E-state index contributed by atoms with van der Waals surface area (Å²) in [5.41, 5.74) is -1.05. The molecule has 0 spiro atoms. The molecule has 0 heterocycles. The molecule has 0 rings (SSSR count). The van der Waals surface area contributed by atoms with Crippen molar-refractivity contribution in [3.8, 4) is 0 Å². The van der Waals surface area contributed by atoms with E-state index >= 15 is 0 Å². The summed E-state index contributed by atoms with van der Waals surface area (Å²) in [5.74, 6) is -0.742. The SMILES string of the molecule is CC(=O)CC(=O)NC(C)(CO)CO. The first kappa shape index (κ1) is 12.1. The third-order valence-electron chi connectivity index (χ3n) is 1.55. The minimum absolute atomic E-state index is 0.227. The van der Waals surface area contributed by atoms with E-state index in [1.807, 2.05) is 0 Å². The third kappa shape index (κ3) is 4.59. The number of carbonyl (C=O) groups is 2. The van der Waals surface area contributed by atoms with Gasteiger partial charge in [-0.05, 0) is 13.8 Å². The molecule has 0 unspecified atom stereocenters. The molecule has 0 aromatic rings. The molecule has 0 aliphatic carbocycles. The summed E-state index contributed by atoms with van der Waals surface area (Å²) in [5, 5.41) is 20.0. The molecule has 0 fully saturated rings. The summed E-state index contributed by atoms with van der Waals surface area (Å²) in [6, 6.07) is 0. The molecule has 0 saturated heterocycles. The Morgan fingerprint density at radius 2 is 1.77 bits per heavy atom. The Labute approximate surface area is 76.8 Å². The summed E-state index contributed by atoms with van der Waals surface area (Å²) in [7, 11) is 0. The largest absolute Gasteiger partial charge is 0.394 e. The number of carbonyl (C=O) groups excluding carboxylic acids is 2. The highest BCUT2D eigenvalue weighted by molar-refractivity contribution is 5.97. The summed E-state index contributed by atoms with van der Waals surface area (Å²) in [6.45, 7) is 2.06. The Morgan fingerprint density at radius 3 is 2.08 bits per heavy atom. The topological polar surface area (TPSA) is 86.6 Å². The average molecular weight is 189 g/mol. The van der Waals surface area contributed by atoms with E-state index in [0.29, 0.717) is 0 Å². The number of hydrogen-bond acceptors (Lipinski definition) is 4. The van der Waals surface area contributed by atoms with Crippen LogP contribution in [0.4, 0.5) is 0 Å². The maximum atomic E-state index is 11.0. The van der Waals surface area contributed by atoms with Gasteiger partial charge >= 0.3 is 0 Å². The van der Waals surface area contributed by atoms with Gasteiger partial charge in [-0.25, -0.2) is 0 Å². The summed E-state index contributed by atoms with van der Waals surface area (Å²) in [6.07, 6.45) is -0.227. The second-order valence-electron chi connectivity index (χ2n) is 3.30. The molecule has 0 aromatic carbocycles. The lowest BCUT2D eigenvalue weighted by Crippen LogP contribution is -2.52. The number of hydrogen-bond donors (Lipinski definition) is 3. The van der Waals surface area contributed by atoms with Crippen molar-refractivity contribution in [3.05, 3.63) is 0 Å². The van der Waals surface area contributed by atoms with Crippen molar-refractivity contribution in [1.29, 1.82) is 0 Å². The quantitative estimate of drug-likeness (QED) is 0.475. The van der Waals surface area contributed by atoms with Gasteiger partial charge in [-0.3, -0.25) is 9.59 Å². The molecule has 0 aliphatic heterocycles. The Balaban J connectivity index is 4.09. The zero-order valence-electron chi connectivity index (χ0n) is 7.83. The number of amides is 1. The fourth-order valence-corrected chi connectivity index (χ4v) is 0.736. The lowest BCUT2D eigenvalue weighted by atomic mass is 10.1. The van der Waals surface area contributed by atoms with E-state index in [0.717, 1.165) is 0 Å². The fourth-order valence-electron chi connectivity index (χ4n) is 0.736. The standard InChI is InChI=1S/C8H15NO4/c1-6(12)3-7(13)9-8(2,4-10)5-11/h10-11H,3-5H2,1-2H3,(H,9,13). The Kier molecular flexibility index (Phi) is 4.58. The number of Topliss-reactive ketones (excluding diaryl/α,β-unsaturated/α-hetero) is 1. The Hall–Kier alpha value is -0.940. The minimum atomic E-state index is -1.05. The van der Waals surface area contributed by atoms with Crippen LogP contribution in [-0.2, 0) is 9.59 Å². The molecule has 5 heteroatoms. The summed E-state index contributed by atoms with van der Waals surface area (Å²) < 4.78 is 0. The molecule has 13 heavy (non-hydrogen) atoms. The number of ketones is 1.